The van der Waals surface area contributed by atoms with E-state index >= 15 is 0 Å². The summed E-state index contributed by atoms with van der Waals surface area (Å²) in [6.45, 7) is 8.29. The number of hydrogen-bond donors (Lipinski definition) is 2. The van der Waals surface area contributed by atoms with E-state index in [4.69, 9.17) is 0 Å². The maximum absolute atomic E-state index is 4.64. The van der Waals surface area contributed by atoms with Gasteiger partial charge in [0.05, 0.1) is 0 Å². The third-order valence-electron chi connectivity index (χ3n) is 1.95. The predicted molar refractivity (Wildman–Crippen MR) is 85.7 cm³/mol. The normalized spacial score (nSPS) is 12.0. The van der Waals surface area contributed by atoms with Crippen molar-refractivity contribution in [2.24, 2.45) is 0 Å². The molecule has 2 N–H and O–H groups in total. The molecule has 7 heteroatoms. The molecule has 2 atom stereocenters. The van der Waals surface area contributed by atoms with Gasteiger partial charge >= 0.3 is 19.5 Å². The summed E-state index contributed by atoms with van der Waals surface area (Å²) in [6, 6.07) is 0.861. The van der Waals surface area contributed by atoms with Crippen molar-refractivity contribution in [3.8, 4) is 0 Å². The van der Waals surface area contributed by atoms with Crippen molar-refractivity contribution in [1.82, 2.24) is 10.6 Å². The van der Waals surface area contributed by atoms with Crippen molar-refractivity contribution in [3.05, 3.63) is 0 Å². The minimum absolute atomic E-state index is 0. The summed E-state index contributed by atoms with van der Waals surface area (Å²) in [5, 5.41) is 5.88. The Balaban J connectivity index is -0.000000218. The molecule has 0 bridgehead atoms. The topological polar surface area (TPSA) is 24.1 Å². The van der Waals surface area contributed by atoms with E-state index in [0.717, 1.165) is 12.8 Å². The molecule has 17 heavy (non-hydrogen) atoms. The van der Waals surface area contributed by atoms with Gasteiger partial charge in [-0.2, -0.15) is 0 Å². The van der Waals surface area contributed by atoms with E-state index in [0.29, 0.717) is 20.7 Å². The van der Waals surface area contributed by atoms with Crippen LogP contribution in [-0.2, 0) is 44.7 Å². The van der Waals surface area contributed by atoms with Crippen LogP contribution in [0, 0.1) is 0 Å². The Morgan fingerprint density at radius 1 is 0.941 bits per heavy atom. The smallest absolute Gasteiger partial charge is 0.412 e. The Morgan fingerprint density at radius 3 is 1.24 bits per heavy atom. The number of nitrogens with one attached hydrogen (secondary N) is 2. The van der Waals surface area contributed by atoms with Crippen LogP contribution in [0.15, 0.2) is 0 Å². The SMILES string of the molecule is CCC(C)NC(=S)[S-].CCC(C)NC(=S)[S-].[Zn+2]. The fraction of sp³-hybridized carbons (Fsp3) is 0.800. The molecule has 0 aliphatic heterocycles. The summed E-state index contributed by atoms with van der Waals surface area (Å²) < 4.78 is 0.943. The van der Waals surface area contributed by atoms with Gasteiger partial charge < -0.3 is 60.3 Å². The number of rotatable bonds is 4. The van der Waals surface area contributed by atoms with Gasteiger partial charge in [-0.3, -0.25) is 0 Å². The van der Waals surface area contributed by atoms with E-state index < -0.39 is 0 Å². The van der Waals surface area contributed by atoms with E-state index in [1.807, 2.05) is 0 Å². The number of thiocarbonyl (C=S) groups is 2. The molecule has 0 radical (unpaired) electrons. The third kappa shape index (κ3) is 22.5. The summed E-state index contributed by atoms with van der Waals surface area (Å²) in [5.74, 6) is 0. The second-order valence-electron chi connectivity index (χ2n) is 3.48. The fourth-order valence-corrected chi connectivity index (χ4v) is 1.41. The second-order valence-corrected chi connectivity index (χ2v) is 5.63. The van der Waals surface area contributed by atoms with Gasteiger partial charge in [0.1, 0.15) is 0 Å². The average molecular weight is 362 g/mol. The van der Waals surface area contributed by atoms with Gasteiger partial charge in [0.25, 0.3) is 0 Å². The summed E-state index contributed by atoms with van der Waals surface area (Å²) in [4.78, 5) is 0. The van der Waals surface area contributed by atoms with Gasteiger partial charge in [0.2, 0.25) is 0 Å². The summed E-state index contributed by atoms with van der Waals surface area (Å²) in [5.41, 5.74) is 0. The summed E-state index contributed by atoms with van der Waals surface area (Å²) in [7, 11) is 0. The van der Waals surface area contributed by atoms with E-state index in [1.54, 1.807) is 0 Å². The molecule has 0 fully saturated rings. The zero-order chi connectivity index (χ0) is 13.1. The molecular formula is C10H20N2S4Zn. The van der Waals surface area contributed by atoms with Crippen molar-refractivity contribution in [3.63, 3.8) is 0 Å². The van der Waals surface area contributed by atoms with Crippen LogP contribution in [0.3, 0.4) is 0 Å². The quantitative estimate of drug-likeness (QED) is 0.453. The third-order valence-corrected chi connectivity index (χ3v) is 2.42. The molecule has 0 aliphatic carbocycles. The van der Waals surface area contributed by atoms with Gasteiger partial charge in [-0.25, -0.2) is 0 Å². The molecule has 0 aromatic heterocycles. The molecule has 0 aromatic rings. The Bertz CT molecular complexity index is 192. The Kier molecular flexibility index (Phi) is 20.1. The molecule has 0 spiro atoms. The van der Waals surface area contributed by atoms with E-state index in [9.17, 15) is 0 Å². The standard InChI is InChI=1S/2C5H11NS2.Zn/c2*1-3-4(2)6-5(7)8;/h2*4H,3H2,1-2H3,(H2,6,7,8);/q;;+2/p-2. The van der Waals surface area contributed by atoms with Gasteiger partial charge in [0.15, 0.2) is 0 Å². The van der Waals surface area contributed by atoms with Gasteiger partial charge in [-0.15, -0.1) is 0 Å². The van der Waals surface area contributed by atoms with Crippen LogP contribution >= 0.6 is 24.4 Å². The molecule has 0 amide bonds. The second kappa shape index (κ2) is 14.9. The predicted octanol–water partition coefficient (Wildman–Crippen LogP) is 2.41. The first-order chi connectivity index (χ1) is 7.33. The molecule has 0 saturated carbocycles. The van der Waals surface area contributed by atoms with Crippen molar-refractivity contribution >= 4 is 58.3 Å². The Labute approximate surface area is 140 Å². The van der Waals surface area contributed by atoms with Crippen LogP contribution in [0.5, 0.6) is 0 Å². The van der Waals surface area contributed by atoms with Gasteiger partial charge in [-0.05, 0) is 26.7 Å². The van der Waals surface area contributed by atoms with Crippen molar-refractivity contribution < 1.29 is 19.5 Å². The van der Waals surface area contributed by atoms with Crippen LogP contribution in [-0.4, -0.2) is 20.7 Å². The molecule has 2 unspecified atom stereocenters. The largest absolute Gasteiger partial charge is 2.00 e. The first kappa shape index (κ1) is 23.0. The molecule has 0 aliphatic rings. The molecular weight excluding hydrogens is 342 g/mol. The molecule has 0 saturated heterocycles. The summed E-state index contributed by atoms with van der Waals surface area (Å²) in [6.07, 6.45) is 2.13. The fourth-order valence-electron chi connectivity index (χ4n) is 0.606. The molecule has 0 aromatic carbocycles. The first-order valence-corrected chi connectivity index (χ1v) is 6.91. The maximum atomic E-state index is 4.64. The van der Waals surface area contributed by atoms with Gasteiger partial charge in [0, 0.05) is 12.1 Å². The zero-order valence-corrected chi connectivity index (χ0v) is 17.1. The van der Waals surface area contributed by atoms with Crippen LogP contribution in [0.2, 0.25) is 0 Å². The van der Waals surface area contributed by atoms with Crippen LogP contribution < -0.4 is 10.6 Å². The Morgan fingerprint density at radius 2 is 1.18 bits per heavy atom. The number of hydrogen-bond acceptors (Lipinski definition) is 4. The van der Waals surface area contributed by atoms with E-state index in [-0.39, 0.29) is 19.5 Å². The van der Waals surface area contributed by atoms with Gasteiger partial charge in [-0.1, -0.05) is 22.5 Å². The average Bonchev–Trinajstić information content (AvgIpc) is 2.16. The van der Waals surface area contributed by atoms with Crippen LogP contribution in [0.25, 0.3) is 0 Å². The maximum Gasteiger partial charge on any atom is 2.00 e. The first-order valence-electron chi connectivity index (χ1n) is 5.28. The van der Waals surface area contributed by atoms with E-state index in [1.165, 1.54) is 0 Å². The van der Waals surface area contributed by atoms with Crippen molar-refractivity contribution in [1.29, 1.82) is 0 Å². The zero-order valence-electron chi connectivity index (χ0n) is 10.9. The van der Waals surface area contributed by atoms with Crippen molar-refractivity contribution in [2.45, 2.75) is 52.6 Å². The van der Waals surface area contributed by atoms with E-state index in [2.05, 4.69) is 88.0 Å². The van der Waals surface area contributed by atoms with Crippen molar-refractivity contribution in [2.75, 3.05) is 0 Å². The van der Waals surface area contributed by atoms with Crippen LogP contribution in [0.1, 0.15) is 40.5 Å². The molecule has 0 heterocycles. The monoisotopic (exact) mass is 360 g/mol. The molecule has 0 rings (SSSR count). The van der Waals surface area contributed by atoms with Crippen LogP contribution in [0.4, 0.5) is 0 Å². The summed E-state index contributed by atoms with van der Waals surface area (Å²) >= 11 is 18.6. The minimum atomic E-state index is 0. The minimum Gasteiger partial charge on any atom is -0.412 e. The molecule has 96 valence electrons. The molecule has 2 nitrogen and oxygen atoms in total. The Hall–Kier alpha value is 0.843.